The molecule has 2 aliphatic rings. The van der Waals surface area contributed by atoms with Crippen molar-refractivity contribution >= 4 is 86.6 Å². The maximum atomic E-state index is 14.6. The zero-order chi connectivity index (χ0) is 53.6. The number of rotatable bonds is 18. The molecule has 8 atom stereocenters. The number of hydrogen-bond donors (Lipinski definition) is 12. The Hall–Kier alpha value is -7.09. The molecule has 0 radical (unpaired) electrons. The largest absolute Gasteiger partial charge is 0.508 e. The van der Waals surface area contributed by atoms with Gasteiger partial charge >= 0.3 is 0 Å². The number of nitrogens with zero attached hydrogens (tertiary/aromatic N) is 2. The fourth-order valence-corrected chi connectivity index (χ4v) is 10.0. The molecule has 10 amide bonds. The maximum Gasteiger partial charge on any atom is 0.246 e. The van der Waals surface area contributed by atoms with Crippen LogP contribution in [0.15, 0.2) is 59.6 Å². The molecule has 2 aromatic rings. The highest BCUT2D eigenvalue weighted by Gasteiger charge is 2.41. The lowest BCUT2D eigenvalue weighted by atomic mass is 9.96. The Bertz CT molecular complexity index is 2310. The summed E-state index contributed by atoms with van der Waals surface area (Å²) >= 11 is 0. The molecule has 2 fully saturated rings. The normalized spacial score (nSPS) is 22.4. The van der Waals surface area contributed by atoms with Gasteiger partial charge in [-0.05, 0) is 54.9 Å². The van der Waals surface area contributed by atoms with E-state index < -0.39 is 120 Å². The van der Waals surface area contributed by atoms with Gasteiger partial charge in [-0.2, -0.15) is 0 Å². The standard InChI is InChI=1S/C47H67N13O11S2/c1-3-26(2)39-45(70)57-33(23-36(48)62)42(67)58-34(46(71)60-19-8-12-35(60)44(69)55-30(11-7-18-52-47(50)51)40(65)53-24-37(49)63)25-73-72-20-17-38(64)54-31(22-28-13-15-29(61)16-14-28)41(66)56-32(43(68)59-39)21-27-9-5-4-6-10-27/h4-6,9-10,13-16,26,30-35,39,61H,3,7-8,11-12,17-25H2,1-2H3,(H2,48,62)(H2,49,63)(H,53,65)(H,54,64)(H,55,69)(H,56,66)(H,57,70)(H,58,67)(H,59,68)(H4,50,51,52)/t26-,30-,31?,32+,33?,34+,35+,39+/m1/s1. The van der Waals surface area contributed by atoms with Crippen LogP contribution in [0.4, 0.5) is 0 Å². The van der Waals surface area contributed by atoms with Crippen LogP contribution in [0, 0.1) is 5.92 Å². The Morgan fingerprint density at radius 1 is 0.795 bits per heavy atom. The number of carbonyl (C=O) groups excluding carboxylic acids is 10. The lowest BCUT2D eigenvalue weighted by molar-refractivity contribution is -0.142. The lowest BCUT2D eigenvalue weighted by Gasteiger charge is -2.31. The van der Waals surface area contributed by atoms with Gasteiger partial charge in [-0.15, -0.1) is 0 Å². The Morgan fingerprint density at radius 3 is 2.07 bits per heavy atom. The van der Waals surface area contributed by atoms with Crippen molar-refractivity contribution in [3.63, 3.8) is 0 Å². The van der Waals surface area contributed by atoms with Gasteiger partial charge < -0.3 is 70.2 Å². The Balaban J connectivity index is 1.68. The molecule has 0 bridgehead atoms. The summed E-state index contributed by atoms with van der Waals surface area (Å²) in [6.45, 7) is 3.11. The lowest BCUT2D eigenvalue weighted by Crippen LogP contribution is -2.61. The minimum Gasteiger partial charge on any atom is -0.508 e. The third-order valence-corrected chi connectivity index (χ3v) is 14.4. The summed E-state index contributed by atoms with van der Waals surface area (Å²) in [5, 5.41) is 28.4. The van der Waals surface area contributed by atoms with E-state index >= 15 is 0 Å². The predicted molar refractivity (Wildman–Crippen MR) is 273 cm³/mol. The van der Waals surface area contributed by atoms with E-state index in [0.717, 1.165) is 21.6 Å². The van der Waals surface area contributed by atoms with Crippen molar-refractivity contribution in [3.8, 4) is 5.75 Å². The number of hydrogen-bond acceptors (Lipinski definition) is 14. The molecule has 2 aliphatic heterocycles. The quantitative estimate of drug-likeness (QED) is 0.0316. The topological polar surface area (TPSA) is 395 Å². The van der Waals surface area contributed by atoms with Gasteiger partial charge in [-0.3, -0.25) is 52.9 Å². The van der Waals surface area contributed by atoms with Crippen LogP contribution < -0.4 is 60.2 Å². The Labute approximate surface area is 430 Å². The molecular weight excluding hydrogens is 987 g/mol. The number of carbonyl (C=O) groups is 10. The van der Waals surface area contributed by atoms with E-state index in [2.05, 4.69) is 42.2 Å². The molecule has 24 nitrogen and oxygen atoms in total. The molecule has 2 heterocycles. The van der Waals surface area contributed by atoms with E-state index in [0.29, 0.717) is 24.0 Å². The monoisotopic (exact) mass is 1050 g/mol. The first-order chi connectivity index (χ1) is 34.8. The number of benzene rings is 2. The molecule has 0 aliphatic carbocycles. The number of phenolic OH excluding ortho intramolecular Hbond substituents is 1. The minimum atomic E-state index is -1.66. The highest BCUT2D eigenvalue weighted by Crippen LogP contribution is 2.26. The molecule has 2 saturated heterocycles. The summed E-state index contributed by atoms with van der Waals surface area (Å²) in [4.78, 5) is 141. The molecule has 4 rings (SSSR count). The van der Waals surface area contributed by atoms with E-state index in [1.807, 2.05) is 0 Å². The fraction of sp³-hybridized carbons (Fsp3) is 0.511. The van der Waals surface area contributed by atoms with Gasteiger partial charge in [0.25, 0.3) is 0 Å². The van der Waals surface area contributed by atoms with E-state index in [4.69, 9.17) is 22.9 Å². The first-order valence-corrected chi connectivity index (χ1v) is 26.3. The second kappa shape index (κ2) is 29.4. The average Bonchev–Trinajstić information content (AvgIpc) is 3.85. The molecule has 2 unspecified atom stereocenters. The summed E-state index contributed by atoms with van der Waals surface area (Å²) in [6.07, 6.45) is 0.239. The maximum absolute atomic E-state index is 14.6. The van der Waals surface area contributed by atoms with Gasteiger partial charge in [0, 0.05) is 43.9 Å². The van der Waals surface area contributed by atoms with E-state index in [1.165, 1.54) is 17.0 Å². The third-order valence-electron chi connectivity index (χ3n) is 12.0. The van der Waals surface area contributed by atoms with E-state index in [-0.39, 0.29) is 74.8 Å². The van der Waals surface area contributed by atoms with Crippen molar-refractivity contribution in [1.29, 1.82) is 0 Å². The summed E-state index contributed by atoms with van der Waals surface area (Å²) in [7, 11) is 2.26. The van der Waals surface area contributed by atoms with Gasteiger partial charge in [0.05, 0.1) is 13.0 Å². The number of primary amides is 2. The SMILES string of the molecule is CC[C@@H](C)[C@@H]1NC(=O)[C@H](Cc2ccccc2)NC(=O)C(Cc2ccc(O)cc2)NC(=O)CCSSC[C@@H](C(=O)N2CCC[C@H]2C(=O)N[C@H](CCCN=C(N)N)C(=O)NCC(N)=O)NC(=O)C(CC(N)=O)NC1=O. The van der Waals surface area contributed by atoms with Crippen molar-refractivity contribution in [2.24, 2.45) is 33.8 Å². The predicted octanol–water partition coefficient (Wildman–Crippen LogP) is -2.56. The van der Waals surface area contributed by atoms with Crippen LogP contribution in [0.2, 0.25) is 0 Å². The number of aliphatic imine (C=N–C) groups is 1. The molecule has 26 heteroatoms. The first-order valence-electron chi connectivity index (χ1n) is 23.8. The number of guanidine groups is 1. The van der Waals surface area contributed by atoms with Crippen LogP contribution in [0.25, 0.3) is 0 Å². The molecule has 73 heavy (non-hydrogen) atoms. The van der Waals surface area contributed by atoms with Gasteiger partial charge in [-0.25, -0.2) is 0 Å². The van der Waals surface area contributed by atoms with Crippen molar-refractivity contribution in [3.05, 3.63) is 65.7 Å². The van der Waals surface area contributed by atoms with Gasteiger partial charge in [0.15, 0.2) is 5.96 Å². The number of nitrogens with two attached hydrogens (primary N) is 4. The van der Waals surface area contributed by atoms with Gasteiger partial charge in [0.1, 0.15) is 48.0 Å². The first kappa shape index (κ1) is 58.5. The molecule has 0 saturated carbocycles. The van der Waals surface area contributed by atoms with Crippen LogP contribution in [0.3, 0.4) is 0 Å². The molecular formula is C47H67N13O11S2. The van der Waals surface area contributed by atoms with Gasteiger partial charge in [-0.1, -0.05) is 84.3 Å². The highest BCUT2D eigenvalue weighted by molar-refractivity contribution is 8.76. The number of phenols is 1. The average molecular weight is 1050 g/mol. The zero-order valence-corrected chi connectivity index (χ0v) is 42.4. The highest BCUT2D eigenvalue weighted by atomic mass is 33.1. The van der Waals surface area contributed by atoms with Crippen LogP contribution in [0.1, 0.15) is 69.9 Å². The van der Waals surface area contributed by atoms with E-state index in [9.17, 15) is 53.1 Å². The molecule has 0 aromatic heterocycles. The van der Waals surface area contributed by atoms with Crippen molar-refractivity contribution in [1.82, 2.24) is 42.1 Å². The summed E-state index contributed by atoms with van der Waals surface area (Å²) in [5.74, 6) is -8.62. The Morgan fingerprint density at radius 2 is 1.42 bits per heavy atom. The summed E-state index contributed by atoms with van der Waals surface area (Å²) < 4.78 is 0. The van der Waals surface area contributed by atoms with Crippen molar-refractivity contribution < 1.29 is 53.1 Å². The fourth-order valence-electron chi connectivity index (χ4n) is 7.90. The van der Waals surface area contributed by atoms with Gasteiger partial charge in [0.2, 0.25) is 59.1 Å². The molecule has 398 valence electrons. The van der Waals surface area contributed by atoms with Crippen LogP contribution >= 0.6 is 21.6 Å². The van der Waals surface area contributed by atoms with Crippen LogP contribution in [-0.2, 0) is 60.8 Å². The van der Waals surface area contributed by atoms with E-state index in [1.54, 1.807) is 56.3 Å². The number of likely N-dealkylation sites (tertiary alicyclic amines) is 1. The molecule has 16 N–H and O–H groups in total. The Kier molecular flexibility index (Phi) is 23.6. The van der Waals surface area contributed by atoms with Crippen LogP contribution in [0.5, 0.6) is 5.75 Å². The molecule has 0 spiro atoms. The smallest absolute Gasteiger partial charge is 0.246 e. The van der Waals surface area contributed by atoms with Crippen molar-refractivity contribution in [2.45, 2.75) is 114 Å². The summed E-state index contributed by atoms with van der Waals surface area (Å²) in [5.41, 5.74) is 22.9. The minimum absolute atomic E-state index is 0.0140. The zero-order valence-electron chi connectivity index (χ0n) is 40.8. The molecule has 2 aromatic carbocycles. The third kappa shape index (κ3) is 19.5. The second-order valence-corrected chi connectivity index (χ2v) is 20.3. The number of nitrogens with one attached hydrogen (secondary N) is 7. The second-order valence-electron chi connectivity index (χ2n) is 17.6. The number of amides is 10. The summed E-state index contributed by atoms with van der Waals surface area (Å²) in [6, 6.07) is 5.58. The number of aromatic hydroxyl groups is 1. The van der Waals surface area contributed by atoms with Crippen molar-refractivity contribution in [2.75, 3.05) is 31.1 Å². The van der Waals surface area contributed by atoms with Crippen LogP contribution in [-0.4, -0.2) is 148 Å².